The summed E-state index contributed by atoms with van der Waals surface area (Å²) in [5, 5.41) is 12.1. The maximum Gasteiger partial charge on any atom is 0.257 e. The number of aliphatic hydroxyl groups excluding tert-OH is 1. The predicted molar refractivity (Wildman–Crippen MR) is 124 cm³/mol. The zero-order valence-electron chi connectivity index (χ0n) is 19.3. The van der Waals surface area contributed by atoms with Crippen LogP contribution in [0.3, 0.4) is 0 Å². The largest absolute Gasteiger partial charge is 0.493 e. The predicted octanol–water partition coefficient (Wildman–Crippen LogP) is 2.56. The maximum absolute atomic E-state index is 13.9. The SMILES string of the molecule is COc1cc(NC(=O)Cn2c(-c3cccc(F)c3)nc(C)c(CCO)c2=O)cc(OC)c1OC. The first-order valence-corrected chi connectivity index (χ1v) is 10.4. The van der Waals surface area contributed by atoms with E-state index in [1.54, 1.807) is 25.1 Å². The number of methoxy groups -OCH3 is 3. The van der Waals surface area contributed by atoms with E-state index in [0.29, 0.717) is 34.2 Å². The standard InChI is InChI=1S/C24H26FN3O6/c1-14-18(8-9-29)24(31)28(23(26-14)15-6-5-7-16(25)10-15)13-21(30)27-17-11-19(32-2)22(34-4)20(12-17)33-3/h5-7,10-12,29H,8-9,13H2,1-4H3,(H,27,30). The lowest BCUT2D eigenvalue weighted by Crippen LogP contribution is -2.33. The first-order valence-electron chi connectivity index (χ1n) is 10.4. The van der Waals surface area contributed by atoms with Gasteiger partial charge < -0.3 is 24.6 Å². The number of hydrogen-bond acceptors (Lipinski definition) is 7. The molecule has 0 bridgehead atoms. The molecule has 1 amide bonds. The summed E-state index contributed by atoms with van der Waals surface area (Å²) >= 11 is 0. The number of nitrogens with zero attached hydrogens (tertiary/aromatic N) is 2. The number of benzene rings is 2. The summed E-state index contributed by atoms with van der Waals surface area (Å²) in [6, 6.07) is 8.72. The zero-order valence-corrected chi connectivity index (χ0v) is 19.3. The van der Waals surface area contributed by atoms with Gasteiger partial charge in [-0.15, -0.1) is 0 Å². The Bertz CT molecular complexity index is 1230. The van der Waals surface area contributed by atoms with E-state index in [1.165, 1.54) is 44.1 Å². The van der Waals surface area contributed by atoms with Crippen molar-refractivity contribution in [1.29, 1.82) is 0 Å². The monoisotopic (exact) mass is 471 g/mol. The highest BCUT2D eigenvalue weighted by atomic mass is 19.1. The van der Waals surface area contributed by atoms with Crippen molar-refractivity contribution in [3.05, 3.63) is 63.8 Å². The molecule has 3 rings (SSSR count). The molecule has 180 valence electrons. The Morgan fingerprint density at radius 3 is 2.35 bits per heavy atom. The summed E-state index contributed by atoms with van der Waals surface area (Å²) < 4.78 is 30.9. The van der Waals surface area contributed by atoms with Gasteiger partial charge in [0.25, 0.3) is 5.56 Å². The molecule has 2 N–H and O–H groups in total. The Labute approximate surface area is 195 Å². The van der Waals surface area contributed by atoms with E-state index in [9.17, 15) is 19.1 Å². The van der Waals surface area contributed by atoms with Crippen molar-refractivity contribution in [2.75, 3.05) is 33.3 Å². The molecular formula is C24H26FN3O6. The fourth-order valence-electron chi connectivity index (χ4n) is 3.59. The van der Waals surface area contributed by atoms with Crippen LogP contribution in [0.25, 0.3) is 11.4 Å². The molecule has 0 saturated heterocycles. The topological polar surface area (TPSA) is 112 Å². The van der Waals surface area contributed by atoms with Gasteiger partial charge in [0.1, 0.15) is 18.2 Å². The van der Waals surface area contributed by atoms with Crippen LogP contribution >= 0.6 is 0 Å². The number of hydrogen-bond donors (Lipinski definition) is 2. The molecule has 0 atom stereocenters. The van der Waals surface area contributed by atoms with Gasteiger partial charge in [0.05, 0.1) is 21.3 Å². The summed E-state index contributed by atoms with van der Waals surface area (Å²) in [6.07, 6.45) is 0.0790. The van der Waals surface area contributed by atoms with Gasteiger partial charge in [0.15, 0.2) is 11.5 Å². The van der Waals surface area contributed by atoms with E-state index in [4.69, 9.17) is 14.2 Å². The summed E-state index contributed by atoms with van der Waals surface area (Å²) in [6.45, 7) is 0.983. The van der Waals surface area contributed by atoms with Crippen LogP contribution in [0.2, 0.25) is 0 Å². The van der Waals surface area contributed by atoms with E-state index in [-0.39, 0.29) is 24.4 Å². The molecule has 3 aromatic rings. The fourth-order valence-corrected chi connectivity index (χ4v) is 3.59. The molecule has 9 nitrogen and oxygen atoms in total. The number of rotatable bonds is 9. The first-order chi connectivity index (χ1) is 16.3. The van der Waals surface area contributed by atoms with E-state index < -0.39 is 23.8 Å². The fraction of sp³-hybridized carbons (Fsp3) is 0.292. The van der Waals surface area contributed by atoms with Crippen LogP contribution in [0.1, 0.15) is 11.3 Å². The Morgan fingerprint density at radius 2 is 1.79 bits per heavy atom. The van der Waals surface area contributed by atoms with Crippen molar-refractivity contribution in [3.8, 4) is 28.6 Å². The smallest absolute Gasteiger partial charge is 0.257 e. The van der Waals surface area contributed by atoms with E-state index in [0.717, 1.165) is 0 Å². The highest BCUT2D eigenvalue weighted by Crippen LogP contribution is 2.39. The molecule has 0 aliphatic heterocycles. The number of nitrogens with one attached hydrogen (secondary N) is 1. The Balaban J connectivity index is 2.02. The number of carbonyl (C=O) groups excluding carboxylic acids is 1. The van der Waals surface area contributed by atoms with Crippen molar-refractivity contribution < 1.29 is 28.5 Å². The Hall–Kier alpha value is -3.92. The minimum absolute atomic E-state index is 0.0790. The number of aromatic nitrogens is 2. The third-order valence-electron chi connectivity index (χ3n) is 5.16. The van der Waals surface area contributed by atoms with Crippen LogP contribution < -0.4 is 25.1 Å². The van der Waals surface area contributed by atoms with Gasteiger partial charge >= 0.3 is 0 Å². The molecule has 10 heteroatoms. The summed E-state index contributed by atoms with van der Waals surface area (Å²) in [5.41, 5.74) is 0.899. The molecular weight excluding hydrogens is 445 g/mol. The third-order valence-corrected chi connectivity index (χ3v) is 5.16. The second-order valence-corrected chi connectivity index (χ2v) is 7.34. The number of aliphatic hydroxyl groups is 1. The Morgan fingerprint density at radius 1 is 1.12 bits per heavy atom. The minimum Gasteiger partial charge on any atom is -0.493 e. The van der Waals surface area contributed by atoms with Crippen LogP contribution in [0.5, 0.6) is 17.2 Å². The number of halogens is 1. The van der Waals surface area contributed by atoms with Gasteiger partial charge in [-0.1, -0.05) is 12.1 Å². The van der Waals surface area contributed by atoms with Gasteiger partial charge in [-0.25, -0.2) is 9.37 Å². The Kier molecular flexibility index (Phi) is 7.85. The van der Waals surface area contributed by atoms with Crippen LogP contribution in [-0.4, -0.2) is 48.5 Å². The van der Waals surface area contributed by atoms with Gasteiger partial charge in [0.2, 0.25) is 11.7 Å². The third kappa shape index (κ3) is 5.18. The summed E-state index contributed by atoms with van der Waals surface area (Å²) in [7, 11) is 4.37. The average Bonchev–Trinajstić information content (AvgIpc) is 2.82. The molecule has 0 saturated carbocycles. The number of anilines is 1. The normalized spacial score (nSPS) is 10.6. The molecule has 1 heterocycles. The van der Waals surface area contributed by atoms with Crippen molar-refractivity contribution in [3.63, 3.8) is 0 Å². The van der Waals surface area contributed by atoms with E-state index >= 15 is 0 Å². The second-order valence-electron chi connectivity index (χ2n) is 7.34. The van der Waals surface area contributed by atoms with Gasteiger partial charge in [-0.05, 0) is 19.1 Å². The molecule has 0 aliphatic rings. The molecule has 0 radical (unpaired) electrons. The molecule has 1 aromatic heterocycles. The molecule has 0 aliphatic carbocycles. The lowest BCUT2D eigenvalue weighted by molar-refractivity contribution is -0.116. The molecule has 2 aromatic carbocycles. The zero-order chi connectivity index (χ0) is 24.8. The lowest BCUT2D eigenvalue weighted by atomic mass is 10.1. The number of ether oxygens (including phenoxy) is 3. The molecule has 0 unspecified atom stereocenters. The lowest BCUT2D eigenvalue weighted by Gasteiger charge is -2.17. The average molecular weight is 471 g/mol. The van der Waals surface area contributed by atoms with Crippen molar-refractivity contribution >= 4 is 11.6 Å². The molecule has 34 heavy (non-hydrogen) atoms. The number of aryl methyl sites for hydroxylation is 1. The minimum atomic E-state index is -0.533. The van der Waals surface area contributed by atoms with Gasteiger partial charge in [-0.2, -0.15) is 0 Å². The van der Waals surface area contributed by atoms with Crippen molar-refractivity contribution in [1.82, 2.24) is 9.55 Å². The summed E-state index contributed by atoms with van der Waals surface area (Å²) in [4.78, 5) is 30.6. The first kappa shape index (κ1) is 24.7. The van der Waals surface area contributed by atoms with Crippen LogP contribution in [0.4, 0.5) is 10.1 Å². The van der Waals surface area contributed by atoms with Gasteiger partial charge in [0, 0.05) is 47.7 Å². The maximum atomic E-state index is 13.9. The summed E-state index contributed by atoms with van der Waals surface area (Å²) in [5.74, 6) is 0.161. The second kappa shape index (κ2) is 10.8. The number of carbonyl (C=O) groups is 1. The highest BCUT2D eigenvalue weighted by Gasteiger charge is 2.19. The van der Waals surface area contributed by atoms with Crippen molar-refractivity contribution in [2.45, 2.75) is 19.9 Å². The highest BCUT2D eigenvalue weighted by molar-refractivity contribution is 5.91. The van der Waals surface area contributed by atoms with E-state index in [1.807, 2.05) is 0 Å². The van der Waals surface area contributed by atoms with Crippen LogP contribution in [-0.2, 0) is 17.8 Å². The van der Waals surface area contributed by atoms with Crippen LogP contribution in [0, 0.1) is 12.7 Å². The quantitative estimate of drug-likeness (QED) is 0.493. The van der Waals surface area contributed by atoms with Gasteiger partial charge in [-0.3, -0.25) is 14.2 Å². The van der Waals surface area contributed by atoms with Crippen molar-refractivity contribution in [2.24, 2.45) is 0 Å². The van der Waals surface area contributed by atoms with Crippen LogP contribution in [0.15, 0.2) is 41.2 Å². The molecule has 0 spiro atoms. The number of amides is 1. The molecule has 0 fully saturated rings. The van der Waals surface area contributed by atoms with E-state index in [2.05, 4.69) is 10.3 Å².